The number of rotatable bonds is 6. The van der Waals surface area contributed by atoms with E-state index in [9.17, 15) is 13.2 Å². The van der Waals surface area contributed by atoms with E-state index in [2.05, 4.69) is 9.46 Å². The molecule has 1 saturated heterocycles. The van der Waals surface area contributed by atoms with Crippen molar-refractivity contribution in [3.8, 4) is 0 Å². The minimum atomic E-state index is -3.66. The molecule has 0 unspecified atom stereocenters. The van der Waals surface area contributed by atoms with Gasteiger partial charge in [0, 0.05) is 33.2 Å². The number of carbonyl (C=O) groups is 1. The lowest BCUT2D eigenvalue weighted by Crippen LogP contribution is -2.58. The molecule has 1 fully saturated rings. The average molecular weight is 267 g/mol. The smallest absolute Gasteiger partial charge is 0.325 e. The zero-order chi connectivity index (χ0) is 12.9. The minimum absolute atomic E-state index is 0.0293. The van der Waals surface area contributed by atoms with E-state index in [0.717, 1.165) is 0 Å². The molecule has 0 aromatic rings. The molecule has 0 aliphatic carbocycles. The summed E-state index contributed by atoms with van der Waals surface area (Å²) in [5, 5.41) is 9.16. The maximum atomic E-state index is 11.7. The highest BCUT2D eigenvalue weighted by molar-refractivity contribution is 7.89. The first kappa shape index (κ1) is 14.4. The van der Waals surface area contributed by atoms with Crippen molar-refractivity contribution in [2.24, 2.45) is 0 Å². The van der Waals surface area contributed by atoms with Crippen LogP contribution in [0, 0.1) is 0 Å². The highest BCUT2D eigenvalue weighted by atomic mass is 32.2. The van der Waals surface area contributed by atoms with Crippen molar-refractivity contribution in [3.05, 3.63) is 0 Å². The summed E-state index contributed by atoms with van der Waals surface area (Å²) in [6.45, 7) is 0.500. The molecule has 1 heterocycles. The van der Waals surface area contributed by atoms with Crippen LogP contribution in [0.25, 0.3) is 0 Å². The predicted molar refractivity (Wildman–Crippen MR) is 59.2 cm³/mol. The van der Waals surface area contributed by atoms with Crippen molar-refractivity contribution in [2.45, 2.75) is 18.4 Å². The maximum Gasteiger partial charge on any atom is 0.325 e. The molecular formula is C9H17NO6S. The summed E-state index contributed by atoms with van der Waals surface area (Å²) in [6.07, 6.45) is 0.267. The Kier molecular flexibility index (Phi) is 4.87. The standard InChI is InChI=1S/C9H17NO6S/c1-15-6-7-17(13,14)10-9(8(11)12)2-4-16-5-3-9/h10H,2-7H2,1H3,(H,11,12). The molecule has 2 N–H and O–H groups in total. The first-order chi connectivity index (χ1) is 7.92. The first-order valence-electron chi connectivity index (χ1n) is 5.24. The number of hydrogen-bond donors (Lipinski definition) is 2. The van der Waals surface area contributed by atoms with E-state index < -0.39 is 21.5 Å². The van der Waals surface area contributed by atoms with Gasteiger partial charge in [0.15, 0.2) is 0 Å². The van der Waals surface area contributed by atoms with Crippen molar-refractivity contribution < 1.29 is 27.8 Å². The molecule has 0 saturated carbocycles. The van der Waals surface area contributed by atoms with Crippen LogP contribution in [0.15, 0.2) is 0 Å². The second kappa shape index (κ2) is 5.76. The average Bonchev–Trinajstić information content (AvgIpc) is 2.27. The predicted octanol–water partition coefficient (Wildman–Crippen LogP) is -0.814. The Hall–Kier alpha value is -0.700. The van der Waals surface area contributed by atoms with E-state index in [4.69, 9.17) is 9.84 Å². The zero-order valence-electron chi connectivity index (χ0n) is 9.64. The van der Waals surface area contributed by atoms with Gasteiger partial charge < -0.3 is 14.6 Å². The van der Waals surface area contributed by atoms with E-state index in [1.54, 1.807) is 0 Å². The summed E-state index contributed by atoms with van der Waals surface area (Å²) >= 11 is 0. The van der Waals surface area contributed by atoms with Gasteiger partial charge in [-0.15, -0.1) is 0 Å². The van der Waals surface area contributed by atoms with Crippen LogP contribution in [-0.4, -0.2) is 57.7 Å². The summed E-state index contributed by atoms with van der Waals surface area (Å²) in [7, 11) is -2.27. The number of carboxylic acid groups (broad SMARTS) is 1. The lowest BCUT2D eigenvalue weighted by molar-refractivity contribution is -0.147. The van der Waals surface area contributed by atoms with Crippen LogP contribution >= 0.6 is 0 Å². The number of hydrogen-bond acceptors (Lipinski definition) is 5. The van der Waals surface area contributed by atoms with Gasteiger partial charge in [0.2, 0.25) is 10.0 Å². The van der Waals surface area contributed by atoms with E-state index >= 15 is 0 Å². The molecule has 0 amide bonds. The summed E-state index contributed by atoms with van der Waals surface area (Å²) in [5.41, 5.74) is -1.44. The van der Waals surface area contributed by atoms with Crippen LogP contribution in [0.4, 0.5) is 0 Å². The lowest BCUT2D eigenvalue weighted by atomic mass is 9.92. The van der Waals surface area contributed by atoms with E-state index in [0.29, 0.717) is 0 Å². The van der Waals surface area contributed by atoms with Crippen LogP contribution in [0.3, 0.4) is 0 Å². The fourth-order valence-corrected chi connectivity index (χ4v) is 3.00. The molecule has 100 valence electrons. The van der Waals surface area contributed by atoms with Crippen LogP contribution in [0.2, 0.25) is 0 Å². The molecular weight excluding hydrogens is 250 g/mol. The van der Waals surface area contributed by atoms with Gasteiger partial charge in [-0.3, -0.25) is 4.79 Å². The molecule has 8 heteroatoms. The van der Waals surface area contributed by atoms with Crippen molar-refractivity contribution >= 4 is 16.0 Å². The molecule has 7 nitrogen and oxygen atoms in total. The van der Waals surface area contributed by atoms with Crippen LogP contribution in [0.5, 0.6) is 0 Å². The third-order valence-corrected chi connectivity index (χ3v) is 4.07. The van der Waals surface area contributed by atoms with Gasteiger partial charge in [0.05, 0.1) is 12.4 Å². The molecule has 0 spiro atoms. The summed E-state index contributed by atoms with van der Waals surface area (Å²) in [6, 6.07) is 0. The maximum absolute atomic E-state index is 11.7. The molecule has 1 aliphatic heterocycles. The van der Waals surface area contributed by atoms with Crippen molar-refractivity contribution in [1.82, 2.24) is 4.72 Å². The Morgan fingerprint density at radius 2 is 2.06 bits per heavy atom. The molecule has 1 rings (SSSR count). The van der Waals surface area contributed by atoms with Gasteiger partial charge in [-0.1, -0.05) is 0 Å². The first-order valence-corrected chi connectivity index (χ1v) is 6.89. The van der Waals surface area contributed by atoms with Gasteiger partial charge in [0.1, 0.15) is 5.54 Å². The molecule has 0 bridgehead atoms. The fraction of sp³-hybridized carbons (Fsp3) is 0.889. The zero-order valence-corrected chi connectivity index (χ0v) is 10.5. The van der Waals surface area contributed by atoms with Crippen molar-refractivity contribution in [2.75, 3.05) is 32.7 Å². The molecule has 0 radical (unpaired) electrons. The van der Waals surface area contributed by atoms with E-state index in [1.165, 1.54) is 7.11 Å². The van der Waals surface area contributed by atoms with Gasteiger partial charge >= 0.3 is 5.97 Å². The number of methoxy groups -OCH3 is 1. The molecule has 0 atom stereocenters. The van der Waals surface area contributed by atoms with Gasteiger partial charge in [-0.05, 0) is 0 Å². The second-order valence-electron chi connectivity index (χ2n) is 3.91. The lowest BCUT2D eigenvalue weighted by Gasteiger charge is -2.33. The Morgan fingerprint density at radius 3 is 2.53 bits per heavy atom. The number of ether oxygens (including phenoxy) is 2. The number of aliphatic carboxylic acids is 1. The van der Waals surface area contributed by atoms with Crippen LogP contribution < -0.4 is 4.72 Å². The SMILES string of the molecule is COCCS(=O)(=O)NC1(C(=O)O)CCOCC1. The summed E-state index contributed by atoms with van der Waals surface area (Å²) in [4.78, 5) is 11.2. The third-order valence-electron chi connectivity index (χ3n) is 2.66. The van der Waals surface area contributed by atoms with Crippen LogP contribution in [-0.2, 0) is 24.3 Å². The largest absolute Gasteiger partial charge is 0.480 e. The monoisotopic (exact) mass is 267 g/mol. The van der Waals surface area contributed by atoms with Gasteiger partial charge in [-0.2, -0.15) is 4.72 Å². The quantitative estimate of drug-likeness (QED) is 0.652. The molecule has 1 aliphatic rings. The Bertz CT molecular complexity index is 360. The molecule has 0 aromatic carbocycles. The number of carboxylic acids is 1. The van der Waals surface area contributed by atoms with E-state index in [1.807, 2.05) is 0 Å². The second-order valence-corrected chi connectivity index (χ2v) is 5.76. The fourth-order valence-electron chi connectivity index (χ4n) is 1.62. The highest BCUT2D eigenvalue weighted by Crippen LogP contribution is 2.22. The van der Waals surface area contributed by atoms with E-state index in [-0.39, 0.29) is 38.4 Å². The Labute approximate surface area is 100 Å². The van der Waals surface area contributed by atoms with Crippen molar-refractivity contribution in [1.29, 1.82) is 0 Å². The third kappa shape index (κ3) is 3.91. The Balaban J connectivity index is 2.76. The Morgan fingerprint density at radius 1 is 1.47 bits per heavy atom. The molecule has 0 aromatic heterocycles. The van der Waals surface area contributed by atoms with Gasteiger partial charge in [0.25, 0.3) is 0 Å². The minimum Gasteiger partial charge on any atom is -0.480 e. The topological polar surface area (TPSA) is 102 Å². The number of sulfonamides is 1. The normalized spacial score (nSPS) is 20.1. The highest BCUT2D eigenvalue weighted by Gasteiger charge is 2.43. The molecule has 17 heavy (non-hydrogen) atoms. The van der Waals surface area contributed by atoms with Crippen LogP contribution in [0.1, 0.15) is 12.8 Å². The summed E-state index contributed by atoms with van der Waals surface area (Å²) in [5.74, 6) is -1.42. The van der Waals surface area contributed by atoms with Gasteiger partial charge in [-0.25, -0.2) is 8.42 Å². The number of nitrogens with one attached hydrogen (secondary N) is 1. The van der Waals surface area contributed by atoms with Crippen molar-refractivity contribution in [3.63, 3.8) is 0 Å². The summed E-state index contributed by atoms with van der Waals surface area (Å²) < 4.78 is 35.3.